The lowest BCUT2D eigenvalue weighted by Gasteiger charge is -2.24. The zero-order valence-corrected chi connectivity index (χ0v) is 17.1. The Hall–Kier alpha value is -2.92. The Labute approximate surface area is 174 Å². The number of unbranched alkanes of at least 4 members (excludes halogenated alkanes) is 2. The van der Waals surface area contributed by atoms with Crippen LogP contribution in [0.15, 0.2) is 65.6 Å². The summed E-state index contributed by atoms with van der Waals surface area (Å²) in [5.41, 5.74) is 0.765. The molecule has 1 N–H and O–H groups in total. The Balaban J connectivity index is 1.87. The first-order chi connectivity index (χ1) is 14.1. The molecule has 2 aromatic carbocycles. The number of likely N-dealkylation sites (tertiary alicyclic amines) is 1. The van der Waals surface area contributed by atoms with Crippen LogP contribution in [0.3, 0.4) is 0 Å². The van der Waals surface area contributed by atoms with E-state index >= 15 is 0 Å². The summed E-state index contributed by atoms with van der Waals surface area (Å²) in [7, 11) is 0. The SMILES string of the molecule is CCCCCN1C(=O)C(=O)/C(=C(\O)c2cccc3ccccc23)C1c1cccs1. The summed E-state index contributed by atoms with van der Waals surface area (Å²) in [6.45, 7) is 2.61. The minimum Gasteiger partial charge on any atom is -0.507 e. The molecule has 0 bridgehead atoms. The first kappa shape index (κ1) is 19.4. The van der Waals surface area contributed by atoms with Gasteiger partial charge in [-0.15, -0.1) is 11.3 Å². The molecule has 4 rings (SSSR count). The number of fused-ring (bicyclic) bond motifs is 1. The average Bonchev–Trinajstić information content (AvgIpc) is 3.35. The lowest BCUT2D eigenvalue weighted by Crippen LogP contribution is -2.30. The van der Waals surface area contributed by atoms with Crippen LogP contribution in [0.4, 0.5) is 0 Å². The van der Waals surface area contributed by atoms with E-state index in [1.165, 1.54) is 11.3 Å². The number of benzene rings is 2. The summed E-state index contributed by atoms with van der Waals surface area (Å²) in [6, 6.07) is 16.6. The molecule has 1 aliphatic heterocycles. The maximum absolute atomic E-state index is 13.0. The van der Waals surface area contributed by atoms with Crippen molar-refractivity contribution in [2.75, 3.05) is 6.54 Å². The number of carbonyl (C=O) groups excluding carboxylic acids is 2. The highest BCUT2D eigenvalue weighted by Gasteiger charge is 2.46. The van der Waals surface area contributed by atoms with Gasteiger partial charge in [0.1, 0.15) is 5.76 Å². The van der Waals surface area contributed by atoms with Gasteiger partial charge in [-0.05, 0) is 28.6 Å². The normalized spacial score (nSPS) is 18.7. The number of hydrogen-bond donors (Lipinski definition) is 1. The number of amides is 1. The Kier molecular flexibility index (Phi) is 5.49. The first-order valence-corrected chi connectivity index (χ1v) is 10.8. The fourth-order valence-electron chi connectivity index (χ4n) is 3.96. The molecule has 1 atom stereocenters. The predicted octanol–water partition coefficient (Wildman–Crippen LogP) is 5.51. The standard InChI is InChI=1S/C24H23NO3S/c1-2-3-6-14-25-21(19-13-8-15-29-19)20(23(27)24(25)28)22(26)18-12-7-10-16-9-4-5-11-17(16)18/h4-5,7-13,15,21,26H,2-3,6,14H2,1H3/b22-20-. The number of Topliss-reactive ketones (excluding diaryl/α,β-unsaturated/α-hetero) is 1. The molecule has 1 fully saturated rings. The van der Waals surface area contributed by atoms with Crippen LogP contribution in [0.2, 0.25) is 0 Å². The number of carbonyl (C=O) groups is 2. The van der Waals surface area contributed by atoms with Crippen LogP contribution in [0, 0.1) is 0 Å². The lowest BCUT2D eigenvalue weighted by molar-refractivity contribution is -0.139. The second-order valence-electron chi connectivity index (χ2n) is 7.24. The Bertz CT molecular complexity index is 1080. The van der Waals surface area contributed by atoms with Crippen molar-refractivity contribution in [1.82, 2.24) is 4.90 Å². The molecule has 0 spiro atoms. The Morgan fingerprint density at radius 3 is 2.59 bits per heavy atom. The molecular formula is C24H23NO3S. The molecule has 1 saturated heterocycles. The Morgan fingerprint density at radius 1 is 1.03 bits per heavy atom. The third-order valence-electron chi connectivity index (χ3n) is 5.40. The van der Waals surface area contributed by atoms with Crippen molar-refractivity contribution >= 4 is 39.6 Å². The second-order valence-corrected chi connectivity index (χ2v) is 8.22. The van der Waals surface area contributed by atoms with Gasteiger partial charge in [-0.25, -0.2) is 0 Å². The number of hydrogen-bond acceptors (Lipinski definition) is 4. The van der Waals surface area contributed by atoms with Gasteiger partial charge in [-0.3, -0.25) is 9.59 Å². The molecule has 148 valence electrons. The zero-order valence-electron chi connectivity index (χ0n) is 16.3. The van der Waals surface area contributed by atoms with E-state index in [0.717, 1.165) is 34.9 Å². The number of nitrogens with zero attached hydrogens (tertiary/aromatic N) is 1. The summed E-state index contributed by atoms with van der Waals surface area (Å²) >= 11 is 1.50. The molecule has 4 nitrogen and oxygen atoms in total. The quantitative estimate of drug-likeness (QED) is 0.254. The molecule has 2 heterocycles. The zero-order chi connectivity index (χ0) is 20.4. The largest absolute Gasteiger partial charge is 0.507 e. The average molecular weight is 406 g/mol. The monoisotopic (exact) mass is 405 g/mol. The fourth-order valence-corrected chi connectivity index (χ4v) is 4.81. The number of rotatable bonds is 6. The summed E-state index contributed by atoms with van der Waals surface area (Å²) in [6.07, 6.45) is 2.85. The van der Waals surface area contributed by atoms with Gasteiger partial charge in [-0.2, -0.15) is 0 Å². The number of ketones is 1. The van der Waals surface area contributed by atoms with Crippen LogP contribution in [0.25, 0.3) is 16.5 Å². The number of aliphatic hydroxyl groups excluding tert-OH is 1. The molecule has 1 aromatic heterocycles. The third kappa shape index (κ3) is 3.47. The van der Waals surface area contributed by atoms with Crippen LogP contribution in [-0.4, -0.2) is 28.2 Å². The minimum absolute atomic E-state index is 0.100. The van der Waals surface area contributed by atoms with Gasteiger partial charge < -0.3 is 10.0 Å². The van der Waals surface area contributed by atoms with Gasteiger partial charge in [0.25, 0.3) is 11.7 Å². The van der Waals surface area contributed by atoms with Crippen molar-refractivity contribution in [2.24, 2.45) is 0 Å². The Morgan fingerprint density at radius 2 is 1.83 bits per heavy atom. The van der Waals surface area contributed by atoms with E-state index in [2.05, 4.69) is 6.92 Å². The minimum atomic E-state index is -0.606. The van der Waals surface area contributed by atoms with Gasteiger partial charge in [0, 0.05) is 17.0 Å². The second kappa shape index (κ2) is 8.21. The van der Waals surface area contributed by atoms with Crippen LogP contribution < -0.4 is 0 Å². The first-order valence-electron chi connectivity index (χ1n) is 9.93. The van der Waals surface area contributed by atoms with E-state index in [1.807, 2.05) is 53.9 Å². The van der Waals surface area contributed by atoms with Gasteiger partial charge >= 0.3 is 0 Å². The summed E-state index contributed by atoms with van der Waals surface area (Å²) in [4.78, 5) is 28.4. The molecule has 0 radical (unpaired) electrons. The highest BCUT2D eigenvalue weighted by Crippen LogP contribution is 2.42. The molecule has 29 heavy (non-hydrogen) atoms. The highest BCUT2D eigenvalue weighted by molar-refractivity contribution is 7.10. The van der Waals surface area contributed by atoms with E-state index < -0.39 is 17.7 Å². The van der Waals surface area contributed by atoms with Crippen LogP contribution in [0.1, 0.15) is 42.7 Å². The van der Waals surface area contributed by atoms with E-state index in [0.29, 0.717) is 12.1 Å². The van der Waals surface area contributed by atoms with Crippen molar-refractivity contribution in [3.8, 4) is 0 Å². The molecule has 1 amide bonds. The van der Waals surface area contributed by atoms with E-state index in [4.69, 9.17) is 0 Å². The molecule has 3 aromatic rings. The molecule has 5 heteroatoms. The van der Waals surface area contributed by atoms with Crippen molar-refractivity contribution in [3.05, 3.63) is 76.0 Å². The van der Waals surface area contributed by atoms with Crippen LogP contribution in [0.5, 0.6) is 0 Å². The van der Waals surface area contributed by atoms with E-state index in [1.54, 1.807) is 11.0 Å². The summed E-state index contributed by atoms with van der Waals surface area (Å²) in [5.74, 6) is -1.23. The maximum Gasteiger partial charge on any atom is 0.295 e. The predicted molar refractivity (Wildman–Crippen MR) is 117 cm³/mol. The summed E-state index contributed by atoms with van der Waals surface area (Å²) in [5, 5.41) is 15.0. The van der Waals surface area contributed by atoms with Crippen molar-refractivity contribution in [3.63, 3.8) is 0 Å². The molecule has 1 unspecified atom stereocenters. The topological polar surface area (TPSA) is 57.6 Å². The van der Waals surface area contributed by atoms with Crippen LogP contribution in [-0.2, 0) is 9.59 Å². The van der Waals surface area contributed by atoms with E-state index in [9.17, 15) is 14.7 Å². The van der Waals surface area contributed by atoms with Gasteiger partial charge in [0.2, 0.25) is 0 Å². The van der Waals surface area contributed by atoms with Crippen molar-refractivity contribution < 1.29 is 14.7 Å². The number of aliphatic hydroxyl groups is 1. The fraction of sp³-hybridized carbons (Fsp3) is 0.250. The van der Waals surface area contributed by atoms with Gasteiger partial charge in [0.05, 0.1) is 11.6 Å². The summed E-state index contributed by atoms with van der Waals surface area (Å²) < 4.78 is 0. The highest BCUT2D eigenvalue weighted by atomic mass is 32.1. The van der Waals surface area contributed by atoms with E-state index in [-0.39, 0.29) is 11.3 Å². The van der Waals surface area contributed by atoms with Gasteiger partial charge in [0.15, 0.2) is 0 Å². The van der Waals surface area contributed by atoms with Crippen molar-refractivity contribution in [2.45, 2.75) is 32.2 Å². The molecular weight excluding hydrogens is 382 g/mol. The van der Waals surface area contributed by atoms with Crippen molar-refractivity contribution in [1.29, 1.82) is 0 Å². The van der Waals surface area contributed by atoms with Crippen LogP contribution >= 0.6 is 11.3 Å². The molecule has 1 aliphatic rings. The smallest absolute Gasteiger partial charge is 0.295 e. The number of thiophene rings is 1. The lowest BCUT2D eigenvalue weighted by atomic mass is 9.96. The maximum atomic E-state index is 13.0. The molecule has 0 aliphatic carbocycles. The third-order valence-corrected chi connectivity index (χ3v) is 6.32. The van der Waals surface area contributed by atoms with Gasteiger partial charge in [-0.1, -0.05) is 68.3 Å². The molecule has 0 saturated carbocycles.